The number of amides is 2. The molecule has 0 aromatic heterocycles. The molecule has 1 aliphatic rings. The first-order valence-corrected chi connectivity index (χ1v) is 5.77. The van der Waals surface area contributed by atoms with Crippen LogP contribution in [0, 0.1) is 5.41 Å². The van der Waals surface area contributed by atoms with Crippen LogP contribution in [0.5, 0.6) is 0 Å². The molecule has 1 aromatic rings. The maximum absolute atomic E-state index is 12.2. The van der Waals surface area contributed by atoms with E-state index in [1.165, 1.54) is 0 Å². The Morgan fingerprint density at radius 3 is 2.18 bits per heavy atom. The van der Waals surface area contributed by atoms with Crippen molar-refractivity contribution in [1.82, 2.24) is 4.90 Å². The summed E-state index contributed by atoms with van der Waals surface area (Å²) in [6, 6.07) is 7.04. The van der Waals surface area contributed by atoms with Crippen molar-refractivity contribution in [1.29, 1.82) is 0 Å². The highest BCUT2D eigenvalue weighted by atomic mass is 32.1. The monoisotopic (exact) mass is 247 g/mol. The second-order valence-corrected chi connectivity index (χ2v) is 5.43. The molecule has 2 amide bonds. The Morgan fingerprint density at radius 2 is 1.71 bits per heavy atom. The maximum atomic E-state index is 12.2. The van der Waals surface area contributed by atoms with E-state index < -0.39 is 5.41 Å². The number of rotatable bonds is 0. The van der Waals surface area contributed by atoms with Gasteiger partial charge in [0, 0.05) is 11.0 Å². The van der Waals surface area contributed by atoms with Crippen LogP contribution in [-0.4, -0.2) is 21.7 Å². The fourth-order valence-electron chi connectivity index (χ4n) is 1.71. The Hall–Kier alpha value is -1.55. The van der Waals surface area contributed by atoms with E-state index in [0.717, 1.165) is 4.90 Å². The van der Waals surface area contributed by atoms with Gasteiger partial charge in [-0.15, -0.1) is 0 Å². The van der Waals surface area contributed by atoms with Crippen molar-refractivity contribution in [3.8, 4) is 0 Å². The Bertz CT molecular complexity index is 493. The molecular weight excluding hydrogens is 234 g/mol. The Kier molecular flexibility index (Phi) is 2.62. The van der Waals surface area contributed by atoms with Gasteiger partial charge in [0.15, 0.2) is 0 Å². The average molecular weight is 247 g/mol. The lowest BCUT2D eigenvalue weighted by molar-refractivity contribution is -0.133. The third kappa shape index (κ3) is 1.78. The van der Waals surface area contributed by atoms with E-state index in [4.69, 9.17) is 12.2 Å². The van der Waals surface area contributed by atoms with Crippen LogP contribution in [0.2, 0.25) is 0 Å². The summed E-state index contributed by atoms with van der Waals surface area (Å²) in [7, 11) is 0. The van der Waals surface area contributed by atoms with Crippen molar-refractivity contribution in [3.05, 3.63) is 35.4 Å². The van der Waals surface area contributed by atoms with Gasteiger partial charge in [0.05, 0.1) is 5.56 Å². The normalized spacial score (nSPS) is 15.1. The molecule has 4 heteroatoms. The van der Waals surface area contributed by atoms with Crippen LogP contribution in [0.4, 0.5) is 0 Å². The number of nitrogens with zero attached hydrogens (tertiary/aromatic N) is 1. The van der Waals surface area contributed by atoms with Crippen molar-refractivity contribution in [2.45, 2.75) is 20.8 Å². The van der Waals surface area contributed by atoms with Crippen LogP contribution in [0.1, 0.15) is 36.7 Å². The number of imide groups is 1. The molecule has 0 fully saturated rings. The van der Waals surface area contributed by atoms with E-state index in [9.17, 15) is 9.59 Å². The first kappa shape index (κ1) is 11.9. The van der Waals surface area contributed by atoms with E-state index in [1.807, 2.05) is 6.07 Å². The molecule has 17 heavy (non-hydrogen) atoms. The summed E-state index contributed by atoms with van der Waals surface area (Å²) in [5.41, 5.74) is 0.557. The van der Waals surface area contributed by atoms with Crippen molar-refractivity contribution in [2.24, 2.45) is 5.41 Å². The predicted octanol–water partition coefficient (Wildman–Crippen LogP) is 2.39. The van der Waals surface area contributed by atoms with Crippen molar-refractivity contribution >= 4 is 29.0 Å². The molecule has 0 radical (unpaired) electrons. The highest BCUT2D eigenvalue weighted by molar-refractivity contribution is 7.80. The molecular formula is C13H13NO2S. The summed E-state index contributed by atoms with van der Waals surface area (Å²) in [6.45, 7) is 5.32. The molecule has 0 spiro atoms. The highest BCUT2D eigenvalue weighted by Gasteiger charge is 2.40. The third-order valence-electron chi connectivity index (χ3n) is 2.64. The fraction of sp³-hybridized carbons (Fsp3) is 0.308. The molecule has 88 valence electrons. The fourth-order valence-corrected chi connectivity index (χ4v) is 2.05. The molecule has 0 saturated carbocycles. The minimum atomic E-state index is -0.623. The van der Waals surface area contributed by atoms with E-state index >= 15 is 0 Å². The van der Waals surface area contributed by atoms with Gasteiger partial charge in [0.1, 0.15) is 4.99 Å². The van der Waals surface area contributed by atoms with Gasteiger partial charge < -0.3 is 0 Å². The minimum Gasteiger partial charge on any atom is -0.273 e. The second-order valence-electron chi connectivity index (χ2n) is 5.05. The zero-order valence-electron chi connectivity index (χ0n) is 9.98. The van der Waals surface area contributed by atoms with E-state index in [0.29, 0.717) is 16.1 Å². The summed E-state index contributed by atoms with van der Waals surface area (Å²) in [4.78, 5) is 25.7. The van der Waals surface area contributed by atoms with E-state index in [2.05, 4.69) is 0 Å². The number of benzene rings is 1. The largest absolute Gasteiger partial charge is 0.273 e. The van der Waals surface area contributed by atoms with Gasteiger partial charge in [-0.3, -0.25) is 9.59 Å². The average Bonchev–Trinajstić information content (AvgIpc) is 2.51. The zero-order chi connectivity index (χ0) is 12.8. The molecule has 1 aromatic carbocycles. The zero-order valence-corrected chi connectivity index (χ0v) is 10.8. The minimum absolute atomic E-state index is 0.260. The summed E-state index contributed by atoms with van der Waals surface area (Å²) in [5, 5.41) is 0. The van der Waals surface area contributed by atoms with Crippen LogP contribution in [0.15, 0.2) is 24.3 Å². The number of thiocarbonyl (C=S) groups is 1. The Morgan fingerprint density at radius 1 is 1.18 bits per heavy atom. The van der Waals surface area contributed by atoms with Crippen LogP contribution >= 0.6 is 12.2 Å². The molecule has 1 aliphatic heterocycles. The number of carbonyl (C=O) groups is 2. The molecule has 0 N–H and O–H groups in total. The molecule has 0 unspecified atom stereocenters. The first-order chi connectivity index (χ1) is 7.84. The maximum Gasteiger partial charge on any atom is 0.266 e. The lowest BCUT2D eigenvalue weighted by atomic mass is 9.95. The molecule has 0 atom stereocenters. The van der Waals surface area contributed by atoms with Crippen LogP contribution in [0.25, 0.3) is 0 Å². The van der Waals surface area contributed by atoms with Crippen LogP contribution < -0.4 is 0 Å². The number of fused-ring (bicyclic) bond motifs is 1. The van der Waals surface area contributed by atoms with Gasteiger partial charge in [-0.1, -0.05) is 51.2 Å². The number of hydrogen-bond donors (Lipinski definition) is 0. The second kappa shape index (κ2) is 3.74. The standard InChI is InChI=1S/C13H13NO2S/c1-13(2,3)12(16)14-10(15)8-6-4-5-7-9(8)11(14)17/h4-7H,1-3H3. The van der Waals surface area contributed by atoms with E-state index in [1.54, 1.807) is 39.0 Å². The molecule has 1 heterocycles. The predicted molar refractivity (Wildman–Crippen MR) is 68.8 cm³/mol. The van der Waals surface area contributed by atoms with E-state index in [-0.39, 0.29) is 11.8 Å². The third-order valence-corrected chi connectivity index (χ3v) is 3.04. The van der Waals surface area contributed by atoms with Crippen LogP contribution in [-0.2, 0) is 4.79 Å². The molecule has 2 rings (SSSR count). The highest BCUT2D eigenvalue weighted by Crippen LogP contribution is 2.28. The van der Waals surface area contributed by atoms with Crippen molar-refractivity contribution < 1.29 is 9.59 Å². The van der Waals surface area contributed by atoms with Crippen LogP contribution in [0.3, 0.4) is 0 Å². The Balaban J connectivity index is 2.47. The molecule has 3 nitrogen and oxygen atoms in total. The van der Waals surface area contributed by atoms with Gasteiger partial charge in [-0.2, -0.15) is 0 Å². The number of carbonyl (C=O) groups excluding carboxylic acids is 2. The van der Waals surface area contributed by atoms with Gasteiger partial charge in [0.25, 0.3) is 5.91 Å². The summed E-state index contributed by atoms with van der Waals surface area (Å²) in [6.07, 6.45) is 0. The topological polar surface area (TPSA) is 37.4 Å². The summed E-state index contributed by atoms with van der Waals surface area (Å²) < 4.78 is 0. The quantitative estimate of drug-likeness (QED) is 0.661. The molecule has 0 saturated heterocycles. The molecule has 0 bridgehead atoms. The SMILES string of the molecule is CC(C)(C)C(=O)N1C(=O)c2ccccc2C1=S. The first-order valence-electron chi connectivity index (χ1n) is 5.36. The van der Waals surface area contributed by atoms with Gasteiger partial charge in [-0.25, -0.2) is 4.90 Å². The summed E-state index contributed by atoms with van der Waals surface area (Å²) in [5.74, 6) is -0.575. The number of hydrogen-bond acceptors (Lipinski definition) is 3. The lowest BCUT2D eigenvalue weighted by Gasteiger charge is -2.23. The van der Waals surface area contributed by atoms with Crippen molar-refractivity contribution in [2.75, 3.05) is 0 Å². The lowest BCUT2D eigenvalue weighted by Crippen LogP contribution is -2.42. The van der Waals surface area contributed by atoms with Gasteiger partial charge in [-0.05, 0) is 6.07 Å². The molecule has 0 aliphatic carbocycles. The van der Waals surface area contributed by atoms with Gasteiger partial charge in [0.2, 0.25) is 5.91 Å². The smallest absolute Gasteiger partial charge is 0.266 e. The summed E-state index contributed by atoms with van der Waals surface area (Å²) >= 11 is 5.20. The van der Waals surface area contributed by atoms with Crippen molar-refractivity contribution in [3.63, 3.8) is 0 Å². The Labute approximate surface area is 105 Å². The van der Waals surface area contributed by atoms with Gasteiger partial charge >= 0.3 is 0 Å².